The van der Waals surface area contributed by atoms with Crippen LogP contribution in [0.5, 0.6) is 0 Å². The van der Waals surface area contributed by atoms with Gasteiger partial charge in [0.25, 0.3) is 0 Å². The molecule has 8 nitrogen and oxygen atoms in total. The monoisotopic (exact) mass is 388 g/mol. The minimum Gasteiger partial charge on any atom is -0.383 e. The minimum atomic E-state index is -0.636. The first-order valence-corrected chi connectivity index (χ1v) is 9.34. The van der Waals surface area contributed by atoms with Crippen molar-refractivity contribution in [2.75, 3.05) is 5.73 Å². The van der Waals surface area contributed by atoms with Gasteiger partial charge in [-0.25, -0.2) is 4.98 Å². The normalized spacial score (nSPS) is 29.5. The van der Waals surface area contributed by atoms with Crippen molar-refractivity contribution in [3.8, 4) is 0 Å². The van der Waals surface area contributed by atoms with Crippen LogP contribution in [0.25, 0.3) is 11.0 Å². The van der Waals surface area contributed by atoms with E-state index in [0.717, 1.165) is 23.0 Å². The molecule has 5 rings (SSSR count). The van der Waals surface area contributed by atoms with Crippen LogP contribution in [0.4, 0.5) is 5.82 Å². The number of nitrogens with two attached hydrogens (primary N) is 1. The standard InChI is InChI=1S/C18H21ClN6O2/c1-18(2)26-13-11(9-7-21-24(3)8-9)6-12(14(13)27-18)25-5-4-10-15(20)22-17(19)23-16(10)25/h4-5,7-8,11-14H,6H2,1-3H3,(H2,20,22,23)/t11-,12-,13-,14+/m1/s1. The molecule has 142 valence electrons. The zero-order chi connectivity index (χ0) is 18.9. The third-order valence-corrected chi connectivity index (χ3v) is 5.69. The summed E-state index contributed by atoms with van der Waals surface area (Å²) >= 11 is 6.06. The quantitative estimate of drug-likeness (QED) is 0.678. The average molecular weight is 389 g/mol. The number of aryl methyl sites for hydroxylation is 1. The van der Waals surface area contributed by atoms with Gasteiger partial charge in [0.05, 0.1) is 23.7 Å². The largest absolute Gasteiger partial charge is 0.383 e. The third-order valence-electron chi connectivity index (χ3n) is 5.52. The fourth-order valence-electron chi connectivity index (χ4n) is 4.48. The summed E-state index contributed by atoms with van der Waals surface area (Å²) in [5, 5.41) is 5.26. The number of aromatic nitrogens is 5. The lowest BCUT2D eigenvalue weighted by atomic mass is 9.98. The molecule has 3 aromatic rings. The molecule has 2 aliphatic rings. The summed E-state index contributed by atoms with van der Waals surface area (Å²) in [4.78, 5) is 8.47. The highest BCUT2D eigenvalue weighted by Gasteiger charge is 2.55. The molecule has 0 unspecified atom stereocenters. The predicted octanol–water partition coefficient (Wildman–Crippen LogP) is 2.65. The van der Waals surface area contributed by atoms with Crippen molar-refractivity contribution in [2.45, 2.75) is 50.2 Å². The molecular weight excluding hydrogens is 368 g/mol. The molecule has 2 fully saturated rings. The molecule has 0 aromatic carbocycles. The SMILES string of the molecule is Cn1cc([C@H]2C[C@@H](n3ccc4c(N)nc(Cl)nc43)[C@@H]3OC(C)(C)O[C@@H]32)cn1. The number of hydrogen-bond donors (Lipinski definition) is 1. The molecule has 2 N–H and O–H groups in total. The van der Waals surface area contributed by atoms with E-state index in [9.17, 15) is 0 Å². The van der Waals surface area contributed by atoms with E-state index in [-0.39, 0.29) is 29.5 Å². The summed E-state index contributed by atoms with van der Waals surface area (Å²) in [5.41, 5.74) is 7.90. The predicted molar refractivity (Wildman–Crippen MR) is 100 cm³/mol. The molecule has 0 spiro atoms. The zero-order valence-electron chi connectivity index (χ0n) is 15.3. The number of ether oxygens (including phenoxy) is 2. The van der Waals surface area contributed by atoms with E-state index in [0.29, 0.717) is 5.82 Å². The van der Waals surface area contributed by atoms with Crippen LogP contribution in [0.1, 0.15) is 37.8 Å². The van der Waals surface area contributed by atoms with Crippen molar-refractivity contribution in [3.05, 3.63) is 35.5 Å². The number of rotatable bonds is 2. The Morgan fingerprint density at radius 2 is 2.04 bits per heavy atom. The van der Waals surface area contributed by atoms with Crippen LogP contribution in [-0.2, 0) is 16.5 Å². The highest BCUT2D eigenvalue weighted by Crippen LogP contribution is 2.51. The maximum absolute atomic E-state index is 6.30. The van der Waals surface area contributed by atoms with Crippen molar-refractivity contribution in [1.29, 1.82) is 0 Å². The van der Waals surface area contributed by atoms with E-state index in [4.69, 9.17) is 26.8 Å². The second-order valence-corrected chi connectivity index (χ2v) is 8.10. The van der Waals surface area contributed by atoms with Gasteiger partial charge in [-0.1, -0.05) is 0 Å². The number of fused-ring (bicyclic) bond motifs is 2. The Labute approximate surface area is 161 Å². The van der Waals surface area contributed by atoms with E-state index in [2.05, 4.69) is 19.6 Å². The molecule has 1 saturated carbocycles. The highest BCUT2D eigenvalue weighted by atomic mass is 35.5. The topological polar surface area (TPSA) is 93.0 Å². The first-order chi connectivity index (χ1) is 12.8. The molecule has 9 heteroatoms. The van der Waals surface area contributed by atoms with Gasteiger partial charge >= 0.3 is 0 Å². The van der Waals surface area contributed by atoms with Crippen LogP contribution >= 0.6 is 11.6 Å². The third kappa shape index (κ3) is 2.62. The molecule has 0 amide bonds. The molecule has 1 aliphatic carbocycles. The van der Waals surface area contributed by atoms with Gasteiger partial charge in [-0.15, -0.1) is 0 Å². The van der Waals surface area contributed by atoms with Crippen LogP contribution in [0.3, 0.4) is 0 Å². The van der Waals surface area contributed by atoms with E-state index >= 15 is 0 Å². The van der Waals surface area contributed by atoms with Crippen molar-refractivity contribution in [2.24, 2.45) is 7.05 Å². The lowest BCUT2D eigenvalue weighted by molar-refractivity contribution is -0.157. The Kier molecular flexibility index (Phi) is 3.56. The lowest BCUT2D eigenvalue weighted by Crippen LogP contribution is -2.27. The molecule has 3 aromatic heterocycles. The fourth-order valence-corrected chi connectivity index (χ4v) is 4.65. The molecule has 0 radical (unpaired) electrons. The number of nitrogen functional groups attached to an aromatic ring is 1. The summed E-state index contributed by atoms with van der Waals surface area (Å²) in [5.74, 6) is -0.0723. The Morgan fingerprint density at radius 3 is 2.78 bits per heavy atom. The van der Waals surface area contributed by atoms with Crippen molar-refractivity contribution >= 4 is 28.5 Å². The maximum atomic E-state index is 6.30. The van der Waals surface area contributed by atoms with Gasteiger partial charge in [-0.05, 0) is 43.5 Å². The summed E-state index contributed by atoms with van der Waals surface area (Å²) in [7, 11) is 1.92. The molecule has 27 heavy (non-hydrogen) atoms. The molecule has 4 heterocycles. The van der Waals surface area contributed by atoms with Gasteiger partial charge in [0, 0.05) is 25.4 Å². The average Bonchev–Trinajstić information content (AvgIpc) is 3.30. The van der Waals surface area contributed by atoms with Crippen LogP contribution in [-0.4, -0.2) is 42.3 Å². The van der Waals surface area contributed by atoms with Crippen molar-refractivity contribution < 1.29 is 9.47 Å². The van der Waals surface area contributed by atoms with Crippen LogP contribution in [0.15, 0.2) is 24.7 Å². The molecule has 1 aliphatic heterocycles. The van der Waals surface area contributed by atoms with Gasteiger partial charge in [-0.3, -0.25) is 4.68 Å². The maximum Gasteiger partial charge on any atom is 0.226 e. The van der Waals surface area contributed by atoms with E-state index in [1.165, 1.54) is 0 Å². The lowest BCUT2D eigenvalue weighted by Gasteiger charge is -2.24. The number of halogens is 1. The molecule has 4 atom stereocenters. The van der Waals surface area contributed by atoms with Gasteiger partial charge in [0.15, 0.2) is 5.79 Å². The first kappa shape index (κ1) is 17.0. The summed E-state index contributed by atoms with van der Waals surface area (Å²) in [6.07, 6.45) is 6.63. The van der Waals surface area contributed by atoms with Crippen molar-refractivity contribution in [1.82, 2.24) is 24.3 Å². The molecule has 1 saturated heterocycles. The van der Waals surface area contributed by atoms with Gasteiger partial charge in [-0.2, -0.15) is 10.1 Å². The molecule has 0 bridgehead atoms. The van der Waals surface area contributed by atoms with Crippen LogP contribution < -0.4 is 5.73 Å². The van der Waals surface area contributed by atoms with Crippen molar-refractivity contribution in [3.63, 3.8) is 0 Å². The number of hydrogen-bond acceptors (Lipinski definition) is 6. The second kappa shape index (κ2) is 5.67. The smallest absolute Gasteiger partial charge is 0.226 e. The fraction of sp³-hybridized carbons (Fsp3) is 0.500. The summed E-state index contributed by atoms with van der Waals surface area (Å²) < 4.78 is 16.5. The zero-order valence-corrected chi connectivity index (χ0v) is 16.1. The first-order valence-electron chi connectivity index (χ1n) is 8.96. The van der Waals surface area contributed by atoms with Gasteiger partial charge in [0.1, 0.15) is 17.6 Å². The van der Waals surface area contributed by atoms with Crippen LogP contribution in [0.2, 0.25) is 5.28 Å². The van der Waals surface area contributed by atoms with Gasteiger partial charge < -0.3 is 19.8 Å². The Hall–Kier alpha value is -2.16. The second-order valence-electron chi connectivity index (χ2n) is 7.76. The van der Waals surface area contributed by atoms with E-state index in [1.807, 2.05) is 50.2 Å². The number of anilines is 1. The van der Waals surface area contributed by atoms with E-state index < -0.39 is 5.79 Å². The summed E-state index contributed by atoms with van der Waals surface area (Å²) in [6, 6.07) is 1.97. The Bertz CT molecular complexity index is 1030. The molecular formula is C18H21ClN6O2. The highest BCUT2D eigenvalue weighted by molar-refractivity contribution is 6.28. The Morgan fingerprint density at radius 1 is 1.26 bits per heavy atom. The van der Waals surface area contributed by atoms with Gasteiger partial charge in [0.2, 0.25) is 5.28 Å². The minimum absolute atomic E-state index is 0.0462. The Balaban J connectivity index is 1.60. The number of nitrogens with zero attached hydrogens (tertiary/aromatic N) is 5. The van der Waals surface area contributed by atoms with E-state index in [1.54, 1.807) is 0 Å². The summed E-state index contributed by atoms with van der Waals surface area (Å²) in [6.45, 7) is 3.90. The van der Waals surface area contributed by atoms with Crippen LogP contribution in [0, 0.1) is 0 Å².